The van der Waals surface area contributed by atoms with Crippen molar-refractivity contribution in [1.82, 2.24) is 0 Å². The van der Waals surface area contributed by atoms with Crippen LogP contribution in [0.15, 0.2) is 109 Å². The van der Waals surface area contributed by atoms with E-state index in [1.807, 2.05) is 0 Å². The maximum absolute atomic E-state index is 12.9. The Morgan fingerprint density at radius 3 is 1.28 bits per heavy atom. The molecule has 6 atom stereocenters. The molecule has 0 radical (unpaired) electrons. The zero-order valence-corrected chi connectivity index (χ0v) is 45.6. The molecule has 9 nitrogen and oxygen atoms in total. The smallest absolute Gasteiger partial charge is 0.306 e. The number of hydrogen-bond donors (Lipinski definition) is 4. The normalized spacial score (nSPS) is 19.6. The van der Waals surface area contributed by atoms with Gasteiger partial charge in [0.25, 0.3) is 0 Å². The van der Waals surface area contributed by atoms with E-state index < -0.39 is 43.4 Å². The molecule has 0 aromatic heterocycles. The zero-order chi connectivity index (χ0) is 52.1. The zero-order valence-electron chi connectivity index (χ0n) is 45.6. The molecule has 1 aliphatic rings. The summed E-state index contributed by atoms with van der Waals surface area (Å²) in [4.78, 5) is 12.9. The second-order valence-electron chi connectivity index (χ2n) is 19.4. The van der Waals surface area contributed by atoms with Gasteiger partial charge >= 0.3 is 5.97 Å². The third kappa shape index (κ3) is 42.2. The van der Waals surface area contributed by atoms with Crippen LogP contribution >= 0.6 is 0 Å². The molecule has 0 saturated carbocycles. The molecule has 1 fully saturated rings. The Kier molecular flexibility index (Phi) is 48.9. The van der Waals surface area contributed by atoms with Gasteiger partial charge in [0, 0.05) is 13.0 Å². The third-order valence-electron chi connectivity index (χ3n) is 12.7. The van der Waals surface area contributed by atoms with Crippen LogP contribution in [0, 0.1) is 0 Å². The minimum absolute atomic E-state index is 0.108. The summed E-state index contributed by atoms with van der Waals surface area (Å²) >= 11 is 0. The number of aliphatic hydroxyl groups excluding tert-OH is 4. The van der Waals surface area contributed by atoms with Crippen molar-refractivity contribution in [2.24, 2.45) is 0 Å². The largest absolute Gasteiger partial charge is 0.457 e. The predicted octanol–water partition coefficient (Wildman–Crippen LogP) is 15.3. The Bertz CT molecular complexity index is 1470. The number of carbonyl (C=O) groups excluding carboxylic acids is 1. The lowest BCUT2D eigenvalue weighted by atomic mass is 9.99. The molecule has 9 heteroatoms. The first-order chi connectivity index (χ1) is 35.4. The summed E-state index contributed by atoms with van der Waals surface area (Å²) < 4.78 is 22.9. The maximum Gasteiger partial charge on any atom is 0.306 e. The molecule has 0 spiro atoms. The molecular weight excluding hydrogens is 901 g/mol. The molecule has 4 N–H and O–H groups in total. The number of unbranched alkanes of at least 4 members (excludes halogenated alkanes) is 20. The number of hydrogen-bond acceptors (Lipinski definition) is 9. The average Bonchev–Trinajstić information content (AvgIpc) is 3.38. The topological polar surface area (TPSA) is 135 Å². The van der Waals surface area contributed by atoms with E-state index in [0.717, 1.165) is 89.9 Å². The van der Waals surface area contributed by atoms with Crippen LogP contribution in [0.2, 0.25) is 0 Å². The van der Waals surface area contributed by atoms with Crippen LogP contribution in [0.3, 0.4) is 0 Å². The van der Waals surface area contributed by atoms with Crippen LogP contribution in [0.4, 0.5) is 0 Å². The van der Waals surface area contributed by atoms with E-state index in [0.29, 0.717) is 13.0 Å². The molecule has 0 aromatic carbocycles. The number of rotatable bonds is 49. The highest BCUT2D eigenvalue weighted by Gasteiger charge is 2.44. The van der Waals surface area contributed by atoms with Crippen molar-refractivity contribution >= 4 is 5.97 Å². The summed E-state index contributed by atoms with van der Waals surface area (Å²) in [5.41, 5.74) is 0. The summed E-state index contributed by atoms with van der Waals surface area (Å²) in [5.74, 6) is -0.332. The molecule has 0 amide bonds. The van der Waals surface area contributed by atoms with Gasteiger partial charge in [-0.05, 0) is 103 Å². The Hall–Kier alpha value is -3.15. The van der Waals surface area contributed by atoms with Crippen LogP contribution in [-0.2, 0) is 23.7 Å². The maximum atomic E-state index is 12.9. The molecule has 0 aliphatic carbocycles. The Balaban J connectivity index is 2.21. The Labute approximate surface area is 440 Å². The molecule has 0 aromatic rings. The first-order valence-electron chi connectivity index (χ1n) is 29.0. The van der Waals surface area contributed by atoms with Gasteiger partial charge in [-0.15, -0.1) is 0 Å². The van der Waals surface area contributed by atoms with Gasteiger partial charge in [-0.3, -0.25) is 4.79 Å². The van der Waals surface area contributed by atoms with Gasteiger partial charge in [-0.2, -0.15) is 0 Å². The van der Waals surface area contributed by atoms with Crippen molar-refractivity contribution < 1.29 is 44.2 Å². The van der Waals surface area contributed by atoms with E-state index in [1.165, 1.54) is 109 Å². The van der Waals surface area contributed by atoms with Crippen LogP contribution in [0.25, 0.3) is 0 Å². The quantitative estimate of drug-likeness (QED) is 0.0267. The van der Waals surface area contributed by atoms with Gasteiger partial charge in [-0.25, -0.2) is 0 Å². The van der Waals surface area contributed by atoms with E-state index in [2.05, 4.69) is 123 Å². The van der Waals surface area contributed by atoms with Crippen LogP contribution in [-0.4, -0.2) is 89.6 Å². The number of ether oxygens (including phenoxy) is 4. The van der Waals surface area contributed by atoms with E-state index in [1.54, 1.807) is 0 Å². The minimum atomic E-state index is -1.55. The first-order valence-corrected chi connectivity index (χ1v) is 29.0. The molecule has 412 valence electrons. The van der Waals surface area contributed by atoms with E-state index in [-0.39, 0.29) is 19.2 Å². The minimum Gasteiger partial charge on any atom is -0.457 e. The number of aliphatic hydroxyl groups is 4. The van der Waals surface area contributed by atoms with Crippen molar-refractivity contribution in [3.05, 3.63) is 109 Å². The van der Waals surface area contributed by atoms with Gasteiger partial charge in [0.1, 0.15) is 30.5 Å². The van der Waals surface area contributed by atoms with E-state index >= 15 is 0 Å². The van der Waals surface area contributed by atoms with Crippen molar-refractivity contribution in [2.75, 3.05) is 26.4 Å². The SMILES string of the molecule is CC/C=C\C/C=C\C/C=C\C/C=C\C/C=C\C/C=C\C/C=C\CCCCOCC(COC1OC(CO)C(O)C(O)C1O)OC(=O)CCCCCCCCCCCCCCC/C=C\C/C=C\CCCCCCC. The summed E-state index contributed by atoms with van der Waals surface area (Å²) in [7, 11) is 0. The number of carbonyl (C=O) groups is 1. The fourth-order valence-electron chi connectivity index (χ4n) is 8.21. The number of esters is 1. The van der Waals surface area contributed by atoms with Crippen molar-refractivity contribution in [2.45, 2.75) is 256 Å². The van der Waals surface area contributed by atoms with Crippen molar-refractivity contribution in [1.29, 1.82) is 0 Å². The highest BCUT2D eigenvalue weighted by atomic mass is 16.7. The Morgan fingerprint density at radius 2 is 0.847 bits per heavy atom. The molecule has 1 heterocycles. The lowest BCUT2D eigenvalue weighted by Crippen LogP contribution is -2.59. The lowest BCUT2D eigenvalue weighted by Gasteiger charge is -2.39. The monoisotopic (exact) mass is 1010 g/mol. The van der Waals surface area contributed by atoms with Crippen molar-refractivity contribution in [3.8, 4) is 0 Å². The Morgan fingerprint density at radius 1 is 0.458 bits per heavy atom. The van der Waals surface area contributed by atoms with Gasteiger partial charge in [0.2, 0.25) is 0 Å². The second-order valence-corrected chi connectivity index (χ2v) is 19.4. The fraction of sp³-hybridized carbons (Fsp3) is 0.698. The van der Waals surface area contributed by atoms with E-state index in [9.17, 15) is 25.2 Å². The molecule has 6 unspecified atom stereocenters. The standard InChI is InChI=1S/C63H106O9/c1-3-5-7-9-11-13-15-17-19-21-23-25-27-29-30-32-34-36-38-40-42-44-46-48-50-52-59(65)71-57(56-70-63-62(68)61(67)60(66)58(54-64)72-63)55-69-53-51-49-47-45-43-41-39-37-35-33-31-28-26-24-22-20-18-16-14-12-10-8-6-4-2/h6,8,12,14-15,17-18,20-21,23-24,26,31,33,37,39,43,45,57-58,60-64,66-68H,3-5,7,9-11,13,16,19,22,25,27-30,32,34-36,38,40-42,44,46-56H2,1-2H3/b8-6-,14-12-,17-15-,20-18-,23-21-,26-24-,33-31-,39-37-,45-43-. The summed E-state index contributed by atoms with van der Waals surface area (Å²) in [5, 5.41) is 40.4. The molecule has 1 saturated heterocycles. The average molecular weight is 1010 g/mol. The van der Waals surface area contributed by atoms with Gasteiger partial charge < -0.3 is 39.4 Å². The van der Waals surface area contributed by atoms with Crippen LogP contribution < -0.4 is 0 Å². The van der Waals surface area contributed by atoms with E-state index in [4.69, 9.17) is 18.9 Å². The molecule has 1 aliphatic heterocycles. The van der Waals surface area contributed by atoms with Crippen LogP contribution in [0.5, 0.6) is 0 Å². The third-order valence-corrected chi connectivity index (χ3v) is 12.7. The fourth-order valence-corrected chi connectivity index (χ4v) is 8.21. The van der Waals surface area contributed by atoms with Gasteiger partial charge in [0.05, 0.1) is 19.8 Å². The molecule has 1 rings (SSSR count). The molecule has 72 heavy (non-hydrogen) atoms. The molecular formula is C63H106O9. The van der Waals surface area contributed by atoms with Gasteiger partial charge in [-0.1, -0.05) is 220 Å². The van der Waals surface area contributed by atoms with Gasteiger partial charge in [0.15, 0.2) is 6.29 Å². The highest BCUT2D eigenvalue weighted by molar-refractivity contribution is 5.69. The summed E-state index contributed by atoms with van der Waals surface area (Å²) in [6.07, 6.45) is 68.5. The second kappa shape index (κ2) is 52.7. The lowest BCUT2D eigenvalue weighted by molar-refractivity contribution is -0.305. The summed E-state index contributed by atoms with van der Waals surface area (Å²) in [6.45, 7) is 4.33. The van der Waals surface area contributed by atoms with Crippen molar-refractivity contribution in [3.63, 3.8) is 0 Å². The van der Waals surface area contributed by atoms with Crippen LogP contribution in [0.1, 0.15) is 219 Å². The predicted molar refractivity (Wildman–Crippen MR) is 302 cm³/mol. The number of allylic oxidation sites excluding steroid dienone is 18. The summed E-state index contributed by atoms with van der Waals surface area (Å²) in [6, 6.07) is 0. The molecule has 0 bridgehead atoms. The first kappa shape index (κ1) is 66.9. The highest BCUT2D eigenvalue weighted by Crippen LogP contribution is 2.23.